The van der Waals surface area contributed by atoms with E-state index in [0.29, 0.717) is 5.52 Å². The molecule has 0 aliphatic heterocycles. The Morgan fingerprint density at radius 1 is 1.45 bits per heavy atom. The van der Waals surface area contributed by atoms with Crippen molar-refractivity contribution in [2.45, 2.75) is 0 Å². The topological polar surface area (TPSA) is 33.1 Å². The number of fused-ring (bicyclic) bond motifs is 1. The molecule has 0 atom stereocenters. The van der Waals surface area contributed by atoms with Crippen LogP contribution in [-0.4, -0.2) is 26.9 Å². The van der Waals surface area contributed by atoms with Crippen LogP contribution in [-0.2, 0) is 0 Å². The molecular weight excluding hydrogens is 221 g/mol. The number of nitrogens with zero attached hydrogens (tertiary/aromatic N) is 1. The van der Waals surface area contributed by atoms with Crippen molar-refractivity contribution in [1.82, 2.24) is 4.98 Å². The zero-order valence-corrected chi connectivity index (χ0v) is 8.18. The molecular formula is C7H4AsNOS. The minimum atomic E-state index is 0.260. The Balaban J connectivity index is 2.90. The van der Waals surface area contributed by atoms with E-state index in [4.69, 9.17) is 0 Å². The fourth-order valence-corrected chi connectivity index (χ4v) is 2.48. The van der Waals surface area contributed by atoms with Crippen molar-refractivity contribution >= 4 is 42.2 Å². The second-order valence-electron chi connectivity index (χ2n) is 2.12. The van der Waals surface area contributed by atoms with E-state index in [1.54, 1.807) is 17.4 Å². The molecule has 0 amide bonds. The third-order valence-corrected chi connectivity index (χ3v) is 2.99. The van der Waals surface area contributed by atoms with E-state index in [1.165, 1.54) is 0 Å². The van der Waals surface area contributed by atoms with Crippen molar-refractivity contribution in [1.29, 1.82) is 0 Å². The van der Waals surface area contributed by atoms with Crippen LogP contribution in [0.2, 0.25) is 0 Å². The van der Waals surface area contributed by atoms with Crippen LogP contribution in [0.4, 0.5) is 0 Å². The van der Waals surface area contributed by atoms with Gasteiger partial charge < -0.3 is 0 Å². The van der Waals surface area contributed by atoms with Crippen LogP contribution in [0.3, 0.4) is 0 Å². The number of para-hydroxylation sites is 1. The standard InChI is InChI=1S/C7H4AsNOS/c8-7-9-6-4(10)2-1-3-5(6)11-7/h1-3,10H. The second-order valence-corrected chi connectivity index (χ2v) is 4.70. The number of hydrogen-bond donors (Lipinski definition) is 1. The molecule has 1 N–H and O–H groups in total. The van der Waals surface area contributed by atoms with Gasteiger partial charge in [0.05, 0.1) is 0 Å². The van der Waals surface area contributed by atoms with E-state index in [-0.39, 0.29) is 5.75 Å². The molecule has 2 aromatic rings. The Bertz CT molecular complexity index is 398. The van der Waals surface area contributed by atoms with E-state index in [2.05, 4.69) is 21.8 Å². The van der Waals surface area contributed by atoms with Gasteiger partial charge in [-0.3, -0.25) is 0 Å². The summed E-state index contributed by atoms with van der Waals surface area (Å²) in [5.74, 6) is 0.260. The van der Waals surface area contributed by atoms with Crippen molar-refractivity contribution in [3.63, 3.8) is 0 Å². The van der Waals surface area contributed by atoms with E-state index in [9.17, 15) is 5.11 Å². The number of benzene rings is 1. The normalized spacial score (nSPS) is 10.6. The molecule has 54 valence electrons. The summed E-state index contributed by atoms with van der Waals surface area (Å²) in [5, 5.41) is 9.32. The van der Waals surface area contributed by atoms with Gasteiger partial charge in [0.15, 0.2) is 0 Å². The summed E-state index contributed by atoms with van der Waals surface area (Å²) in [5.41, 5.74) is 0.702. The predicted molar refractivity (Wildman–Crippen MR) is 46.7 cm³/mol. The summed E-state index contributed by atoms with van der Waals surface area (Å²) < 4.78 is 1.95. The molecule has 4 heteroatoms. The van der Waals surface area contributed by atoms with Crippen molar-refractivity contribution in [2.24, 2.45) is 0 Å². The van der Waals surface area contributed by atoms with Crippen LogP contribution in [0.5, 0.6) is 5.75 Å². The number of aromatic hydroxyl groups is 1. The van der Waals surface area contributed by atoms with Gasteiger partial charge in [0, 0.05) is 0 Å². The molecule has 1 heterocycles. The first kappa shape index (κ1) is 7.14. The quantitative estimate of drug-likeness (QED) is 0.672. The number of aromatic nitrogens is 1. The molecule has 0 saturated heterocycles. The first-order chi connectivity index (χ1) is 5.27. The fourth-order valence-electron chi connectivity index (χ4n) is 0.922. The van der Waals surface area contributed by atoms with Crippen LogP contribution in [0.15, 0.2) is 18.2 Å². The molecule has 0 aliphatic rings. The molecule has 0 bridgehead atoms. The predicted octanol–water partition coefficient (Wildman–Crippen LogP) is 0.796. The van der Waals surface area contributed by atoms with Crippen LogP contribution in [0.1, 0.15) is 0 Å². The number of hydrogen-bond acceptors (Lipinski definition) is 3. The average Bonchev–Trinajstić information content (AvgIpc) is 2.31. The van der Waals surface area contributed by atoms with Gasteiger partial charge in [-0.1, -0.05) is 0 Å². The summed E-state index contributed by atoms with van der Waals surface area (Å²) in [4.78, 5) is 4.15. The monoisotopic (exact) mass is 225 g/mol. The summed E-state index contributed by atoms with van der Waals surface area (Å²) in [7, 11) is 0. The summed E-state index contributed by atoms with van der Waals surface area (Å²) >= 11 is 3.94. The van der Waals surface area contributed by atoms with Gasteiger partial charge in [0.1, 0.15) is 0 Å². The Kier molecular flexibility index (Phi) is 1.62. The van der Waals surface area contributed by atoms with Crippen LogP contribution < -0.4 is 3.80 Å². The molecule has 0 aliphatic carbocycles. The average molecular weight is 225 g/mol. The van der Waals surface area contributed by atoms with Crippen LogP contribution >= 0.6 is 11.3 Å². The SMILES string of the molecule is Oc1cccc2sc([As])nc12. The second kappa shape index (κ2) is 2.50. The Morgan fingerprint density at radius 3 is 3.00 bits per heavy atom. The molecule has 1 aromatic heterocycles. The van der Waals surface area contributed by atoms with E-state index in [1.807, 2.05) is 12.1 Å². The van der Waals surface area contributed by atoms with E-state index >= 15 is 0 Å². The van der Waals surface area contributed by atoms with Crippen molar-refractivity contribution in [3.8, 4) is 5.75 Å². The Morgan fingerprint density at radius 2 is 2.27 bits per heavy atom. The molecule has 2 rings (SSSR count). The summed E-state index contributed by atoms with van der Waals surface area (Å²) in [6.07, 6.45) is 0. The van der Waals surface area contributed by atoms with Crippen molar-refractivity contribution in [3.05, 3.63) is 18.2 Å². The molecule has 0 spiro atoms. The minimum absolute atomic E-state index is 0.260. The number of phenols is 1. The summed E-state index contributed by atoms with van der Waals surface area (Å²) in [6.45, 7) is 0. The maximum absolute atomic E-state index is 9.32. The van der Waals surface area contributed by atoms with Gasteiger partial charge >= 0.3 is 76.2 Å². The maximum atomic E-state index is 9.32. The number of thiazole rings is 1. The van der Waals surface area contributed by atoms with Gasteiger partial charge in [0.2, 0.25) is 0 Å². The van der Waals surface area contributed by atoms with Gasteiger partial charge in [-0.2, -0.15) is 0 Å². The van der Waals surface area contributed by atoms with Gasteiger partial charge in [-0.05, 0) is 0 Å². The zero-order valence-electron chi connectivity index (χ0n) is 5.48. The molecule has 2 radical (unpaired) electrons. The van der Waals surface area contributed by atoms with Crippen LogP contribution in [0.25, 0.3) is 10.2 Å². The van der Waals surface area contributed by atoms with Crippen molar-refractivity contribution < 1.29 is 5.11 Å². The van der Waals surface area contributed by atoms with Crippen LogP contribution in [0, 0.1) is 0 Å². The fraction of sp³-hybridized carbons (Fsp3) is 0. The zero-order chi connectivity index (χ0) is 7.84. The molecule has 0 fully saturated rings. The number of phenolic OH excluding ortho intramolecular Hbond substituents is 1. The number of rotatable bonds is 0. The van der Waals surface area contributed by atoms with Crippen molar-refractivity contribution in [2.75, 3.05) is 0 Å². The first-order valence-corrected chi connectivity index (χ1v) is 4.80. The molecule has 0 unspecified atom stereocenters. The summed E-state index contributed by atoms with van der Waals surface area (Å²) in [6, 6.07) is 5.42. The van der Waals surface area contributed by atoms with Gasteiger partial charge in [0.25, 0.3) is 0 Å². The third-order valence-electron chi connectivity index (χ3n) is 1.39. The molecule has 2 nitrogen and oxygen atoms in total. The van der Waals surface area contributed by atoms with E-state index in [0.717, 1.165) is 8.50 Å². The Hall–Kier alpha value is -0.532. The first-order valence-electron chi connectivity index (χ1n) is 3.05. The van der Waals surface area contributed by atoms with E-state index < -0.39 is 0 Å². The molecule has 0 saturated carbocycles. The molecule has 11 heavy (non-hydrogen) atoms. The van der Waals surface area contributed by atoms with Gasteiger partial charge in [-0.15, -0.1) is 0 Å². The Labute approximate surface area is 76.4 Å². The molecule has 1 aromatic carbocycles. The third kappa shape index (κ3) is 1.15. The van der Waals surface area contributed by atoms with Gasteiger partial charge in [-0.25, -0.2) is 0 Å².